The van der Waals surface area contributed by atoms with Crippen LogP contribution in [0.25, 0.3) is 0 Å². The SMILES string of the molecule is C=CCNC(=NCc1ccccc1F)NCC(=O)N(C)C.I. The van der Waals surface area contributed by atoms with Gasteiger partial charge in [0.05, 0.1) is 13.1 Å². The number of carbonyl (C=O) groups excluding carboxylic acids is 1. The van der Waals surface area contributed by atoms with Crippen LogP contribution < -0.4 is 10.6 Å². The van der Waals surface area contributed by atoms with Gasteiger partial charge in [-0.05, 0) is 6.07 Å². The quantitative estimate of drug-likeness (QED) is 0.319. The Kier molecular flexibility index (Phi) is 10.2. The normalized spacial score (nSPS) is 10.4. The first-order valence-electron chi connectivity index (χ1n) is 6.61. The highest BCUT2D eigenvalue weighted by molar-refractivity contribution is 14.0. The lowest BCUT2D eigenvalue weighted by atomic mass is 10.2. The first-order chi connectivity index (χ1) is 10.0. The third kappa shape index (κ3) is 7.39. The number of hydrogen-bond donors (Lipinski definition) is 2. The Hall–Kier alpha value is -1.64. The van der Waals surface area contributed by atoms with Crippen LogP contribution in [0, 0.1) is 5.82 Å². The van der Waals surface area contributed by atoms with Crippen molar-refractivity contribution in [3.05, 3.63) is 48.3 Å². The Bertz CT molecular complexity index is 520. The zero-order valence-electron chi connectivity index (χ0n) is 12.8. The summed E-state index contributed by atoms with van der Waals surface area (Å²) in [5, 5.41) is 5.88. The molecule has 2 N–H and O–H groups in total. The van der Waals surface area contributed by atoms with Gasteiger partial charge in [-0.25, -0.2) is 9.38 Å². The molecule has 1 aromatic rings. The molecule has 1 aromatic carbocycles. The van der Waals surface area contributed by atoms with Crippen LogP contribution >= 0.6 is 24.0 Å². The number of nitrogens with one attached hydrogen (secondary N) is 2. The number of benzene rings is 1. The summed E-state index contributed by atoms with van der Waals surface area (Å²) in [5.41, 5.74) is 0.496. The predicted octanol–water partition coefficient (Wildman–Crippen LogP) is 1.75. The Morgan fingerprint density at radius 3 is 2.64 bits per heavy atom. The molecule has 0 fully saturated rings. The van der Waals surface area contributed by atoms with E-state index >= 15 is 0 Å². The molecule has 0 unspecified atom stereocenters. The number of guanidine groups is 1. The molecule has 1 amide bonds. The van der Waals surface area contributed by atoms with Gasteiger partial charge in [-0.3, -0.25) is 4.79 Å². The summed E-state index contributed by atoms with van der Waals surface area (Å²) < 4.78 is 13.5. The van der Waals surface area contributed by atoms with Gasteiger partial charge in [0.2, 0.25) is 5.91 Å². The van der Waals surface area contributed by atoms with E-state index in [-0.39, 0.29) is 48.8 Å². The molecule has 0 spiro atoms. The van der Waals surface area contributed by atoms with Crippen LogP contribution in [0.5, 0.6) is 0 Å². The molecule has 0 bridgehead atoms. The zero-order valence-corrected chi connectivity index (χ0v) is 15.1. The minimum Gasteiger partial charge on any atom is -0.353 e. The van der Waals surface area contributed by atoms with Gasteiger partial charge in [0.1, 0.15) is 5.82 Å². The summed E-state index contributed by atoms with van der Waals surface area (Å²) >= 11 is 0. The van der Waals surface area contributed by atoms with E-state index in [0.29, 0.717) is 18.1 Å². The first kappa shape index (κ1) is 20.4. The number of aliphatic imine (C=N–C) groups is 1. The van der Waals surface area contributed by atoms with Gasteiger partial charge in [0.25, 0.3) is 0 Å². The van der Waals surface area contributed by atoms with E-state index in [1.807, 2.05) is 0 Å². The second-order valence-corrected chi connectivity index (χ2v) is 4.57. The second kappa shape index (κ2) is 11.0. The maximum absolute atomic E-state index is 13.5. The molecule has 0 aliphatic rings. The third-order valence-electron chi connectivity index (χ3n) is 2.69. The molecule has 0 aliphatic carbocycles. The van der Waals surface area contributed by atoms with Crippen LogP contribution in [0.2, 0.25) is 0 Å². The Morgan fingerprint density at radius 2 is 2.05 bits per heavy atom. The van der Waals surface area contributed by atoms with E-state index in [4.69, 9.17) is 0 Å². The van der Waals surface area contributed by atoms with E-state index < -0.39 is 0 Å². The lowest BCUT2D eigenvalue weighted by Crippen LogP contribution is -2.43. The van der Waals surface area contributed by atoms with Crippen molar-refractivity contribution in [3.63, 3.8) is 0 Å². The summed E-state index contributed by atoms with van der Waals surface area (Å²) in [6.45, 7) is 4.42. The van der Waals surface area contributed by atoms with Crippen LogP contribution in [-0.4, -0.2) is 44.0 Å². The maximum atomic E-state index is 13.5. The lowest BCUT2D eigenvalue weighted by molar-refractivity contribution is -0.127. The molecule has 0 atom stereocenters. The number of halogens is 2. The molecule has 122 valence electrons. The smallest absolute Gasteiger partial charge is 0.241 e. The number of rotatable bonds is 6. The van der Waals surface area contributed by atoms with Gasteiger partial charge in [-0.2, -0.15) is 0 Å². The van der Waals surface area contributed by atoms with E-state index in [2.05, 4.69) is 22.2 Å². The van der Waals surface area contributed by atoms with Crippen LogP contribution in [0.1, 0.15) is 5.56 Å². The van der Waals surface area contributed by atoms with Crippen LogP contribution in [0.3, 0.4) is 0 Å². The third-order valence-corrected chi connectivity index (χ3v) is 2.69. The molecule has 5 nitrogen and oxygen atoms in total. The van der Waals surface area contributed by atoms with Crippen molar-refractivity contribution >= 4 is 35.8 Å². The minimum absolute atomic E-state index is 0. The summed E-state index contributed by atoms with van der Waals surface area (Å²) in [6, 6.07) is 6.46. The maximum Gasteiger partial charge on any atom is 0.241 e. The monoisotopic (exact) mass is 420 g/mol. The first-order valence-corrected chi connectivity index (χ1v) is 6.61. The summed E-state index contributed by atoms with van der Waals surface area (Å²) in [6.07, 6.45) is 1.67. The van der Waals surface area contributed by atoms with Crippen LogP contribution in [0.4, 0.5) is 4.39 Å². The molecule has 0 radical (unpaired) electrons. The standard InChI is InChI=1S/C15H21FN4O.HI/c1-4-9-17-15(19-11-14(21)20(2)3)18-10-12-7-5-6-8-13(12)16;/h4-8H,1,9-11H2,2-3H3,(H2,17,18,19);1H. The fourth-order valence-corrected chi connectivity index (χ4v) is 1.45. The van der Waals surface area contributed by atoms with Crippen molar-refractivity contribution in [2.45, 2.75) is 6.54 Å². The largest absolute Gasteiger partial charge is 0.353 e. The fourth-order valence-electron chi connectivity index (χ4n) is 1.45. The Labute approximate surface area is 147 Å². The molecule has 0 saturated heterocycles. The van der Waals surface area contributed by atoms with Crippen molar-refractivity contribution in [1.29, 1.82) is 0 Å². The molecular weight excluding hydrogens is 398 g/mol. The molecule has 22 heavy (non-hydrogen) atoms. The number of carbonyl (C=O) groups is 1. The van der Waals surface area contributed by atoms with Gasteiger partial charge >= 0.3 is 0 Å². The minimum atomic E-state index is -0.298. The molecular formula is C15H22FIN4O. The van der Waals surface area contributed by atoms with Crippen LogP contribution in [-0.2, 0) is 11.3 Å². The number of likely N-dealkylation sites (N-methyl/N-ethyl adjacent to an activating group) is 1. The number of hydrogen-bond acceptors (Lipinski definition) is 2. The Morgan fingerprint density at radius 1 is 1.36 bits per heavy atom. The molecule has 1 rings (SSSR count). The topological polar surface area (TPSA) is 56.7 Å². The van der Waals surface area contributed by atoms with Crippen molar-refractivity contribution in [1.82, 2.24) is 15.5 Å². The summed E-state index contributed by atoms with van der Waals surface area (Å²) in [4.78, 5) is 17.3. The molecule has 0 aromatic heterocycles. The van der Waals surface area contributed by atoms with Crippen LogP contribution in [0.15, 0.2) is 41.9 Å². The summed E-state index contributed by atoms with van der Waals surface area (Å²) in [5.74, 6) is 0.0658. The molecule has 0 aliphatic heterocycles. The van der Waals surface area contributed by atoms with Crippen molar-refractivity contribution < 1.29 is 9.18 Å². The highest BCUT2D eigenvalue weighted by atomic mass is 127. The van der Waals surface area contributed by atoms with Gasteiger partial charge < -0.3 is 15.5 Å². The van der Waals surface area contributed by atoms with E-state index in [1.165, 1.54) is 11.0 Å². The highest BCUT2D eigenvalue weighted by Crippen LogP contribution is 2.07. The fraction of sp³-hybridized carbons (Fsp3) is 0.333. The van der Waals surface area contributed by atoms with Gasteiger partial charge in [-0.1, -0.05) is 24.3 Å². The van der Waals surface area contributed by atoms with Crippen molar-refractivity contribution in [3.8, 4) is 0 Å². The highest BCUT2D eigenvalue weighted by Gasteiger charge is 2.06. The average Bonchev–Trinajstić information content (AvgIpc) is 2.47. The molecule has 0 saturated carbocycles. The van der Waals surface area contributed by atoms with Gasteiger partial charge in [0.15, 0.2) is 5.96 Å². The molecule has 0 heterocycles. The average molecular weight is 420 g/mol. The van der Waals surface area contributed by atoms with E-state index in [1.54, 1.807) is 38.4 Å². The summed E-state index contributed by atoms with van der Waals surface area (Å²) in [7, 11) is 3.36. The predicted molar refractivity (Wildman–Crippen MR) is 97.9 cm³/mol. The Balaban J connectivity index is 0.00000441. The van der Waals surface area contributed by atoms with Crippen molar-refractivity contribution in [2.75, 3.05) is 27.2 Å². The number of nitrogens with zero attached hydrogens (tertiary/aromatic N) is 2. The van der Waals surface area contributed by atoms with Gasteiger partial charge in [-0.15, -0.1) is 30.6 Å². The zero-order chi connectivity index (χ0) is 15.7. The lowest BCUT2D eigenvalue weighted by Gasteiger charge is -2.14. The molecule has 7 heteroatoms. The van der Waals surface area contributed by atoms with Crippen molar-refractivity contribution in [2.24, 2.45) is 4.99 Å². The van der Waals surface area contributed by atoms with E-state index in [9.17, 15) is 9.18 Å². The second-order valence-electron chi connectivity index (χ2n) is 4.57. The van der Waals surface area contributed by atoms with Gasteiger partial charge in [0, 0.05) is 26.2 Å². The van der Waals surface area contributed by atoms with E-state index in [0.717, 1.165) is 0 Å². The number of amides is 1.